The van der Waals surface area contributed by atoms with Crippen LogP contribution in [0.5, 0.6) is 11.5 Å². The number of nitrogens with one attached hydrogen (secondary N) is 2. The van der Waals surface area contributed by atoms with Crippen molar-refractivity contribution in [1.29, 1.82) is 0 Å². The summed E-state index contributed by atoms with van der Waals surface area (Å²) in [4.78, 5) is 23.4. The SMILES string of the molecule is CC(C)(C)OC(=O)NCc1ccc(OBOc2ccc(CNC(=O)OC(C)(C)C)cc2)cc1. The van der Waals surface area contributed by atoms with E-state index >= 15 is 0 Å². The van der Waals surface area contributed by atoms with Crippen LogP contribution in [0, 0.1) is 0 Å². The summed E-state index contributed by atoms with van der Waals surface area (Å²) in [5.74, 6) is 1.29. The molecule has 2 amide bonds. The predicted molar refractivity (Wildman–Crippen MR) is 127 cm³/mol. The Hall–Kier alpha value is -3.36. The Labute approximate surface area is 196 Å². The van der Waals surface area contributed by atoms with Crippen LogP contribution in [-0.4, -0.2) is 31.1 Å². The molecule has 0 aromatic heterocycles. The van der Waals surface area contributed by atoms with E-state index < -0.39 is 23.4 Å². The van der Waals surface area contributed by atoms with Crippen LogP contribution >= 0.6 is 0 Å². The third kappa shape index (κ3) is 11.2. The molecule has 2 rings (SSSR count). The van der Waals surface area contributed by atoms with E-state index in [1.807, 2.05) is 65.8 Å². The first-order valence-electron chi connectivity index (χ1n) is 10.8. The van der Waals surface area contributed by atoms with Crippen molar-refractivity contribution >= 4 is 19.9 Å². The zero-order chi connectivity index (χ0) is 24.5. The molecule has 0 heterocycles. The molecule has 8 nitrogen and oxygen atoms in total. The number of hydrogen-bond donors (Lipinski definition) is 2. The second-order valence-electron chi connectivity index (χ2n) is 9.41. The van der Waals surface area contributed by atoms with E-state index in [0.29, 0.717) is 24.6 Å². The van der Waals surface area contributed by atoms with Crippen molar-refractivity contribution in [1.82, 2.24) is 10.6 Å². The maximum Gasteiger partial charge on any atom is 0.576 e. The molecule has 2 N–H and O–H groups in total. The zero-order valence-electron chi connectivity index (χ0n) is 20.2. The molecule has 2 aromatic carbocycles. The molecular weight excluding hydrogens is 423 g/mol. The Kier molecular flexibility index (Phi) is 9.02. The average molecular weight is 456 g/mol. The number of amides is 2. The van der Waals surface area contributed by atoms with Gasteiger partial charge in [0.05, 0.1) is 0 Å². The molecule has 2 aromatic rings. The highest BCUT2D eigenvalue weighted by Gasteiger charge is 2.16. The molecule has 0 fully saturated rings. The number of alkyl carbamates (subject to hydrolysis) is 2. The first kappa shape index (κ1) is 25.9. The summed E-state index contributed by atoms with van der Waals surface area (Å²) in [6, 6.07) is 14.7. The van der Waals surface area contributed by atoms with Gasteiger partial charge in [-0.15, -0.1) is 0 Å². The second-order valence-corrected chi connectivity index (χ2v) is 9.41. The molecule has 9 heteroatoms. The lowest BCUT2D eigenvalue weighted by molar-refractivity contribution is 0.0512. The monoisotopic (exact) mass is 456 g/mol. The molecule has 0 aliphatic carbocycles. The first-order chi connectivity index (χ1) is 15.4. The summed E-state index contributed by atoms with van der Waals surface area (Å²) in [7, 11) is 0.0466. The van der Waals surface area contributed by atoms with Crippen LogP contribution in [0.15, 0.2) is 48.5 Å². The van der Waals surface area contributed by atoms with E-state index in [9.17, 15) is 9.59 Å². The lowest BCUT2D eigenvalue weighted by atomic mass is 10.2. The Morgan fingerprint density at radius 2 is 1.00 bits per heavy atom. The van der Waals surface area contributed by atoms with Crippen LogP contribution in [0.4, 0.5) is 9.59 Å². The van der Waals surface area contributed by atoms with Crippen molar-refractivity contribution in [3.63, 3.8) is 0 Å². The van der Waals surface area contributed by atoms with E-state index in [-0.39, 0.29) is 7.69 Å². The Morgan fingerprint density at radius 1 is 0.667 bits per heavy atom. The molecule has 0 saturated carbocycles. The van der Waals surface area contributed by atoms with Gasteiger partial charge in [-0.25, -0.2) is 9.59 Å². The maximum atomic E-state index is 11.7. The number of hydrogen-bond acceptors (Lipinski definition) is 6. The standard InChI is InChI=1S/C24H33BN2O6/c1-23(2,3)30-21(28)26-15-17-7-11-19(12-8-17)32-25-33-20-13-9-18(10-14-20)16-27-22(29)31-24(4,5)6/h7-14,25H,15-16H2,1-6H3,(H,26,28)(H,27,29). The summed E-state index contributed by atoms with van der Waals surface area (Å²) in [6.07, 6.45) is -0.911. The van der Waals surface area contributed by atoms with Crippen LogP contribution in [0.3, 0.4) is 0 Å². The molecule has 0 spiro atoms. The highest BCUT2D eigenvalue weighted by Crippen LogP contribution is 2.15. The molecule has 0 aliphatic rings. The number of rotatable bonds is 8. The van der Waals surface area contributed by atoms with Crippen LogP contribution in [0.25, 0.3) is 0 Å². The third-order valence-electron chi connectivity index (χ3n) is 3.97. The fourth-order valence-corrected chi connectivity index (χ4v) is 2.55. The fourth-order valence-electron chi connectivity index (χ4n) is 2.55. The molecule has 178 valence electrons. The van der Waals surface area contributed by atoms with Gasteiger partial charge in [-0.3, -0.25) is 0 Å². The quantitative estimate of drug-likeness (QED) is 0.570. The van der Waals surface area contributed by atoms with E-state index in [1.54, 1.807) is 24.3 Å². The number of carbonyl (C=O) groups excluding carboxylic acids is 2. The van der Waals surface area contributed by atoms with Gasteiger partial charge in [-0.05, 0) is 76.9 Å². The van der Waals surface area contributed by atoms with Gasteiger partial charge in [0.15, 0.2) is 0 Å². The normalized spacial score (nSPS) is 11.2. The minimum atomic E-state index is -0.529. The number of carbonyl (C=O) groups is 2. The largest absolute Gasteiger partial charge is 0.576 e. The van der Waals surface area contributed by atoms with Gasteiger partial charge in [0.25, 0.3) is 0 Å². The number of benzene rings is 2. The van der Waals surface area contributed by atoms with Crippen molar-refractivity contribution in [3.8, 4) is 11.5 Å². The second kappa shape index (κ2) is 11.5. The van der Waals surface area contributed by atoms with Gasteiger partial charge < -0.3 is 29.4 Å². The molecule has 0 aliphatic heterocycles. The van der Waals surface area contributed by atoms with Gasteiger partial charge in [0, 0.05) is 13.1 Å². The van der Waals surface area contributed by atoms with Crippen molar-refractivity contribution in [2.75, 3.05) is 0 Å². The zero-order valence-corrected chi connectivity index (χ0v) is 20.2. The lowest BCUT2D eigenvalue weighted by Gasteiger charge is -2.19. The van der Waals surface area contributed by atoms with Gasteiger partial charge in [0.2, 0.25) is 0 Å². The maximum absolute atomic E-state index is 11.7. The van der Waals surface area contributed by atoms with Crippen molar-refractivity contribution in [2.45, 2.75) is 65.8 Å². The van der Waals surface area contributed by atoms with Crippen molar-refractivity contribution < 1.29 is 28.4 Å². The summed E-state index contributed by atoms with van der Waals surface area (Å²) in [6.45, 7) is 11.6. The van der Waals surface area contributed by atoms with Gasteiger partial charge in [0.1, 0.15) is 22.7 Å². The van der Waals surface area contributed by atoms with E-state index in [1.165, 1.54) is 0 Å². The molecule has 0 bridgehead atoms. The molecular formula is C24H33BN2O6. The summed E-state index contributed by atoms with van der Waals surface area (Å²) >= 11 is 0. The smallest absolute Gasteiger partial charge is 0.529 e. The van der Waals surface area contributed by atoms with Crippen LogP contribution in [-0.2, 0) is 22.6 Å². The minimum absolute atomic E-state index is 0.0466. The fraction of sp³-hybridized carbons (Fsp3) is 0.417. The summed E-state index contributed by atoms with van der Waals surface area (Å²) < 4.78 is 21.6. The molecule has 0 radical (unpaired) electrons. The molecule has 0 unspecified atom stereocenters. The van der Waals surface area contributed by atoms with E-state index in [0.717, 1.165) is 11.1 Å². The van der Waals surface area contributed by atoms with Crippen LogP contribution in [0.1, 0.15) is 52.7 Å². The lowest BCUT2D eigenvalue weighted by Crippen LogP contribution is -2.32. The van der Waals surface area contributed by atoms with E-state index in [2.05, 4.69) is 10.6 Å². The Bertz CT molecular complexity index is 827. The van der Waals surface area contributed by atoms with Crippen LogP contribution in [0.2, 0.25) is 0 Å². The third-order valence-corrected chi connectivity index (χ3v) is 3.97. The summed E-state index contributed by atoms with van der Waals surface area (Å²) in [5.41, 5.74) is 0.785. The first-order valence-corrected chi connectivity index (χ1v) is 10.8. The highest BCUT2D eigenvalue weighted by molar-refractivity contribution is 6.20. The Morgan fingerprint density at radius 3 is 1.30 bits per heavy atom. The van der Waals surface area contributed by atoms with Crippen molar-refractivity contribution in [3.05, 3.63) is 59.7 Å². The van der Waals surface area contributed by atoms with Crippen molar-refractivity contribution in [2.24, 2.45) is 0 Å². The van der Waals surface area contributed by atoms with E-state index in [4.69, 9.17) is 18.8 Å². The molecule has 0 saturated heterocycles. The van der Waals surface area contributed by atoms with Gasteiger partial charge in [-0.2, -0.15) is 0 Å². The topological polar surface area (TPSA) is 95.1 Å². The predicted octanol–water partition coefficient (Wildman–Crippen LogP) is 4.46. The van der Waals surface area contributed by atoms with Gasteiger partial charge >= 0.3 is 19.9 Å². The summed E-state index contributed by atoms with van der Waals surface area (Å²) in [5, 5.41) is 5.42. The van der Waals surface area contributed by atoms with Crippen LogP contribution < -0.4 is 19.9 Å². The highest BCUT2D eigenvalue weighted by atomic mass is 16.6. The minimum Gasteiger partial charge on any atom is -0.529 e. The molecule has 0 atom stereocenters. The number of ether oxygens (including phenoxy) is 2. The Balaban J connectivity index is 1.70. The average Bonchev–Trinajstić information content (AvgIpc) is 2.70. The molecule has 33 heavy (non-hydrogen) atoms. The van der Waals surface area contributed by atoms with Gasteiger partial charge in [-0.1, -0.05) is 24.3 Å².